The first-order chi connectivity index (χ1) is 16.7. The maximum Gasteiger partial charge on any atom is 0.339 e. The highest BCUT2D eigenvalue weighted by molar-refractivity contribution is 5.89. The molecule has 1 N–H and O–H groups in total. The number of hydrogen-bond donors (Lipinski definition) is 1. The molecule has 1 atom stereocenters. The van der Waals surface area contributed by atoms with E-state index in [0.29, 0.717) is 17.6 Å². The average molecular weight is 472 g/mol. The molecule has 0 spiro atoms. The van der Waals surface area contributed by atoms with E-state index in [2.05, 4.69) is 11.9 Å². The highest BCUT2D eigenvalue weighted by Gasteiger charge is 2.15. The molecular weight excluding hydrogens is 430 g/mol. The van der Waals surface area contributed by atoms with E-state index in [9.17, 15) is 14.7 Å². The maximum atomic E-state index is 11.5. The minimum Gasteiger partial charge on any atom is -0.507 e. The molecule has 1 aromatic heterocycles. The Morgan fingerprint density at radius 3 is 2.03 bits per heavy atom. The molecule has 2 aromatic rings. The molecule has 1 unspecified atom stereocenters. The Hall–Kier alpha value is -2.59. The maximum absolute atomic E-state index is 11.5. The molecule has 0 aliphatic rings. The molecule has 1 aromatic carbocycles. The first-order valence-corrected chi connectivity index (χ1v) is 13.1. The lowest BCUT2D eigenvalue weighted by molar-refractivity contribution is 0.198. The molecule has 2 rings (SSSR count). The van der Waals surface area contributed by atoms with Crippen molar-refractivity contribution in [1.29, 1.82) is 0 Å². The summed E-state index contributed by atoms with van der Waals surface area (Å²) in [6.07, 6.45) is 20.8. The van der Waals surface area contributed by atoms with Crippen LogP contribution in [0.1, 0.15) is 110 Å². The lowest BCUT2D eigenvalue weighted by Crippen LogP contribution is -2.14. The van der Waals surface area contributed by atoms with E-state index in [1.165, 1.54) is 77.0 Å². The summed E-state index contributed by atoms with van der Waals surface area (Å²) in [5, 5.41) is 10.4. The second-order valence-corrected chi connectivity index (χ2v) is 9.11. The molecule has 0 saturated carbocycles. The Morgan fingerprint density at radius 2 is 1.47 bits per heavy atom. The van der Waals surface area contributed by atoms with Gasteiger partial charge in [0.2, 0.25) is 12.3 Å². The molecule has 0 radical (unpaired) electrons. The van der Waals surface area contributed by atoms with E-state index in [0.717, 1.165) is 25.3 Å². The Kier molecular flexibility index (Phi) is 13.8. The van der Waals surface area contributed by atoms with E-state index in [4.69, 9.17) is 9.15 Å². The minimum absolute atomic E-state index is 0.220. The van der Waals surface area contributed by atoms with Gasteiger partial charge in [0.15, 0.2) is 0 Å². The molecule has 188 valence electrons. The van der Waals surface area contributed by atoms with Gasteiger partial charge >= 0.3 is 5.63 Å². The van der Waals surface area contributed by atoms with Crippen LogP contribution < -0.4 is 10.4 Å². The number of benzene rings is 1. The monoisotopic (exact) mass is 471 g/mol. The average Bonchev–Trinajstić information content (AvgIpc) is 2.81. The van der Waals surface area contributed by atoms with Crippen LogP contribution in [0.5, 0.6) is 11.5 Å². The van der Waals surface area contributed by atoms with Gasteiger partial charge in [-0.15, -0.1) is 0 Å². The van der Waals surface area contributed by atoms with Crippen LogP contribution in [0.25, 0.3) is 11.0 Å². The summed E-state index contributed by atoms with van der Waals surface area (Å²) in [4.78, 5) is 26.1. The summed E-state index contributed by atoms with van der Waals surface area (Å²) < 4.78 is 11.0. The van der Waals surface area contributed by atoms with E-state index in [1.807, 2.05) is 0 Å². The van der Waals surface area contributed by atoms with Crippen molar-refractivity contribution in [3.05, 3.63) is 34.7 Å². The molecule has 0 fully saturated rings. The molecule has 34 heavy (non-hydrogen) atoms. The number of isocyanates is 1. The van der Waals surface area contributed by atoms with Gasteiger partial charge in [0.1, 0.15) is 22.5 Å². The predicted molar refractivity (Wildman–Crippen MR) is 136 cm³/mol. The minimum atomic E-state index is -0.684. The highest BCUT2D eigenvalue weighted by Crippen LogP contribution is 2.33. The quantitative estimate of drug-likeness (QED) is 0.0977. The van der Waals surface area contributed by atoms with Crippen molar-refractivity contribution in [2.24, 2.45) is 4.99 Å². The number of nitrogens with zero attached hydrogens (tertiary/aromatic N) is 1. The predicted octanol–water partition coefficient (Wildman–Crippen LogP) is 7.80. The molecular formula is C28H41NO5. The van der Waals surface area contributed by atoms with Gasteiger partial charge in [0.05, 0.1) is 6.07 Å². The SMILES string of the molecule is CCCCCCCCCCCCCCCCCC(N=C=O)Oc1cccc2oc(=O)cc(O)c12. The van der Waals surface area contributed by atoms with Crippen molar-refractivity contribution in [1.82, 2.24) is 0 Å². The Bertz CT molecular complexity index is 932. The van der Waals surface area contributed by atoms with Crippen molar-refractivity contribution < 1.29 is 19.1 Å². The summed E-state index contributed by atoms with van der Waals surface area (Å²) in [5.41, 5.74) is -0.411. The summed E-state index contributed by atoms with van der Waals surface area (Å²) in [6.45, 7) is 2.26. The van der Waals surface area contributed by atoms with Crippen LogP contribution in [0.15, 0.2) is 38.5 Å². The number of aromatic hydroxyl groups is 1. The molecule has 0 amide bonds. The topological polar surface area (TPSA) is 89.1 Å². The van der Waals surface area contributed by atoms with Crippen LogP contribution in [-0.4, -0.2) is 17.4 Å². The van der Waals surface area contributed by atoms with Gasteiger partial charge in [-0.05, 0) is 18.6 Å². The van der Waals surface area contributed by atoms with E-state index < -0.39 is 11.9 Å². The Labute approximate surface area is 203 Å². The van der Waals surface area contributed by atoms with Crippen LogP contribution >= 0.6 is 0 Å². The summed E-state index contributed by atoms with van der Waals surface area (Å²) in [7, 11) is 0. The number of carbonyl (C=O) groups excluding carboxylic acids is 1. The lowest BCUT2D eigenvalue weighted by atomic mass is 10.0. The summed E-state index contributed by atoms with van der Waals surface area (Å²) in [5.74, 6) is 0.103. The molecule has 6 nitrogen and oxygen atoms in total. The van der Waals surface area contributed by atoms with E-state index in [1.54, 1.807) is 24.3 Å². The normalized spacial score (nSPS) is 11.9. The fourth-order valence-corrected chi connectivity index (χ4v) is 4.31. The second kappa shape index (κ2) is 16.9. The molecule has 0 aliphatic carbocycles. The van der Waals surface area contributed by atoms with Crippen molar-refractivity contribution in [2.75, 3.05) is 0 Å². The Morgan fingerprint density at radius 1 is 0.912 bits per heavy atom. The van der Waals surface area contributed by atoms with Crippen LogP contribution in [0.4, 0.5) is 0 Å². The third-order valence-corrected chi connectivity index (χ3v) is 6.22. The first-order valence-electron chi connectivity index (χ1n) is 13.1. The zero-order chi connectivity index (χ0) is 24.4. The fourth-order valence-electron chi connectivity index (χ4n) is 4.31. The number of rotatable bonds is 19. The van der Waals surface area contributed by atoms with Gasteiger partial charge < -0.3 is 14.3 Å². The Balaban J connectivity index is 1.60. The summed E-state index contributed by atoms with van der Waals surface area (Å²) >= 11 is 0. The lowest BCUT2D eigenvalue weighted by Gasteiger charge is -2.15. The molecule has 0 bridgehead atoms. The zero-order valence-electron chi connectivity index (χ0n) is 20.7. The standard InChI is InChI=1S/C28H41NO5/c1-2-3-4-5-6-7-8-9-10-11-12-13-14-15-16-20-26(29-22-30)33-24-18-17-19-25-28(24)23(31)21-27(32)34-25/h17-19,21,26,31H,2-16,20H2,1H3. The first kappa shape index (κ1) is 27.7. The van der Waals surface area contributed by atoms with Gasteiger partial charge in [-0.1, -0.05) is 103 Å². The van der Waals surface area contributed by atoms with Gasteiger partial charge in [0.25, 0.3) is 0 Å². The summed E-state index contributed by atoms with van der Waals surface area (Å²) in [6, 6.07) is 5.90. The molecule has 6 heteroatoms. The van der Waals surface area contributed by atoms with E-state index >= 15 is 0 Å². The molecule has 0 aliphatic heterocycles. The van der Waals surface area contributed by atoms with Gasteiger partial charge in [-0.25, -0.2) is 9.59 Å². The highest BCUT2D eigenvalue weighted by atomic mass is 16.5. The van der Waals surface area contributed by atoms with Crippen molar-refractivity contribution in [2.45, 2.75) is 116 Å². The van der Waals surface area contributed by atoms with Crippen molar-refractivity contribution in [3.63, 3.8) is 0 Å². The fraction of sp³-hybridized carbons (Fsp3) is 0.643. The molecule has 0 saturated heterocycles. The largest absolute Gasteiger partial charge is 0.507 e. The number of ether oxygens (including phenoxy) is 1. The van der Waals surface area contributed by atoms with E-state index in [-0.39, 0.29) is 11.3 Å². The van der Waals surface area contributed by atoms with Gasteiger partial charge in [-0.2, -0.15) is 4.99 Å². The van der Waals surface area contributed by atoms with Crippen LogP contribution in [0, 0.1) is 0 Å². The van der Waals surface area contributed by atoms with Crippen molar-refractivity contribution in [3.8, 4) is 11.5 Å². The van der Waals surface area contributed by atoms with Gasteiger partial charge in [-0.3, -0.25) is 0 Å². The third-order valence-electron chi connectivity index (χ3n) is 6.22. The zero-order valence-corrected chi connectivity index (χ0v) is 20.7. The molecule has 1 heterocycles. The third kappa shape index (κ3) is 10.6. The number of aliphatic imine (C=N–C) groups is 1. The second-order valence-electron chi connectivity index (χ2n) is 9.11. The smallest absolute Gasteiger partial charge is 0.339 e. The van der Waals surface area contributed by atoms with Crippen molar-refractivity contribution >= 4 is 17.0 Å². The van der Waals surface area contributed by atoms with Crippen LogP contribution in [-0.2, 0) is 4.79 Å². The van der Waals surface area contributed by atoms with Gasteiger partial charge in [0, 0.05) is 6.42 Å². The number of fused-ring (bicyclic) bond motifs is 1. The van der Waals surface area contributed by atoms with Crippen LogP contribution in [0.2, 0.25) is 0 Å². The number of hydrogen-bond acceptors (Lipinski definition) is 6. The number of unbranched alkanes of at least 4 members (excludes halogenated alkanes) is 14. The van der Waals surface area contributed by atoms with Crippen LogP contribution in [0.3, 0.4) is 0 Å².